The summed E-state index contributed by atoms with van der Waals surface area (Å²) in [7, 11) is 0. The second-order valence-corrected chi connectivity index (χ2v) is 8.26. The minimum absolute atomic E-state index is 0.200. The average molecular weight is 402 g/mol. The molecule has 0 spiro atoms. The molecule has 2 aromatic rings. The van der Waals surface area contributed by atoms with Crippen LogP contribution in [0.25, 0.3) is 11.3 Å². The summed E-state index contributed by atoms with van der Waals surface area (Å²) < 4.78 is 5.97. The Kier molecular flexibility index (Phi) is 5.98. The van der Waals surface area contributed by atoms with Crippen LogP contribution in [0, 0.1) is 4.77 Å². The molecule has 1 N–H and O–H groups in total. The molecule has 0 aromatic carbocycles. The van der Waals surface area contributed by atoms with Crippen molar-refractivity contribution in [1.29, 1.82) is 0 Å². The van der Waals surface area contributed by atoms with Crippen LogP contribution < -0.4 is 4.90 Å². The van der Waals surface area contributed by atoms with Gasteiger partial charge in [-0.1, -0.05) is 6.92 Å². The van der Waals surface area contributed by atoms with E-state index in [0.29, 0.717) is 17.9 Å². The largest absolute Gasteiger partial charge is 0.444 e. The molecule has 3 heterocycles. The normalized spacial score (nSPS) is 17.5. The van der Waals surface area contributed by atoms with Gasteiger partial charge in [-0.15, -0.1) is 0 Å². The zero-order valence-electron chi connectivity index (χ0n) is 16.8. The maximum Gasteiger partial charge on any atom is 0.410 e. The molecule has 0 saturated carbocycles. The zero-order chi connectivity index (χ0) is 20.3. The van der Waals surface area contributed by atoms with E-state index in [1.807, 2.05) is 45.2 Å². The van der Waals surface area contributed by atoms with Crippen LogP contribution in [0.1, 0.15) is 34.1 Å². The topological polar surface area (TPSA) is 74.3 Å². The van der Waals surface area contributed by atoms with Crippen LogP contribution in [0.5, 0.6) is 0 Å². The first-order valence-electron chi connectivity index (χ1n) is 9.53. The summed E-state index contributed by atoms with van der Waals surface area (Å²) in [4.78, 5) is 28.2. The highest BCUT2D eigenvalue weighted by Crippen LogP contribution is 2.24. The van der Waals surface area contributed by atoms with Crippen molar-refractivity contribution in [3.05, 3.63) is 35.4 Å². The Morgan fingerprint density at radius 1 is 1.29 bits per heavy atom. The van der Waals surface area contributed by atoms with Crippen molar-refractivity contribution in [2.45, 2.75) is 45.8 Å². The Morgan fingerprint density at radius 3 is 2.68 bits per heavy atom. The monoisotopic (exact) mass is 401 g/mol. The maximum atomic E-state index is 12.4. The summed E-state index contributed by atoms with van der Waals surface area (Å²) >= 11 is 5.09. The molecule has 0 aliphatic carbocycles. The lowest BCUT2D eigenvalue weighted by Crippen LogP contribution is -2.55. The molecular formula is C20H27N5O2S. The van der Waals surface area contributed by atoms with Gasteiger partial charge in [-0.3, -0.25) is 0 Å². The number of anilines is 1. The van der Waals surface area contributed by atoms with Gasteiger partial charge < -0.3 is 19.5 Å². The van der Waals surface area contributed by atoms with Gasteiger partial charge in [0.15, 0.2) is 4.77 Å². The van der Waals surface area contributed by atoms with E-state index >= 15 is 0 Å². The molecule has 8 heteroatoms. The van der Waals surface area contributed by atoms with Crippen LogP contribution >= 0.6 is 12.2 Å². The molecule has 2 aromatic heterocycles. The lowest BCUT2D eigenvalue weighted by atomic mass is 10.1. The second kappa shape index (κ2) is 8.26. The fourth-order valence-electron chi connectivity index (χ4n) is 3.25. The van der Waals surface area contributed by atoms with E-state index in [4.69, 9.17) is 17.0 Å². The van der Waals surface area contributed by atoms with E-state index < -0.39 is 5.60 Å². The Labute approximate surface area is 170 Å². The van der Waals surface area contributed by atoms with Crippen LogP contribution in [0.3, 0.4) is 0 Å². The zero-order valence-corrected chi connectivity index (χ0v) is 17.6. The van der Waals surface area contributed by atoms with E-state index in [2.05, 4.69) is 26.8 Å². The van der Waals surface area contributed by atoms with E-state index in [1.165, 1.54) is 0 Å². The third-order valence-corrected chi connectivity index (χ3v) is 4.84. The molecule has 3 rings (SSSR count). The summed E-state index contributed by atoms with van der Waals surface area (Å²) in [5, 5.41) is 0. The Balaban J connectivity index is 1.72. The van der Waals surface area contributed by atoms with E-state index in [1.54, 1.807) is 11.1 Å². The van der Waals surface area contributed by atoms with Gasteiger partial charge in [-0.2, -0.15) is 0 Å². The van der Waals surface area contributed by atoms with Crippen LogP contribution in [0.15, 0.2) is 30.6 Å². The Bertz CT molecular complexity index is 875. The molecule has 1 saturated heterocycles. The van der Waals surface area contributed by atoms with Gasteiger partial charge >= 0.3 is 6.09 Å². The Morgan fingerprint density at radius 2 is 2.07 bits per heavy atom. The molecule has 150 valence electrons. The van der Waals surface area contributed by atoms with Crippen molar-refractivity contribution in [1.82, 2.24) is 19.9 Å². The van der Waals surface area contributed by atoms with Crippen molar-refractivity contribution in [2.24, 2.45) is 0 Å². The molecule has 1 aliphatic rings. The van der Waals surface area contributed by atoms with Crippen LogP contribution in [-0.4, -0.2) is 57.2 Å². The number of carbonyl (C=O) groups excluding carboxylic acids is 1. The van der Waals surface area contributed by atoms with Gasteiger partial charge in [-0.05, 0) is 57.6 Å². The number of nitrogens with one attached hydrogen (secondary N) is 1. The lowest BCUT2D eigenvalue weighted by Gasteiger charge is -2.42. The van der Waals surface area contributed by atoms with Gasteiger partial charge in [0.1, 0.15) is 11.4 Å². The number of piperazine rings is 1. The number of hydrogen-bond donors (Lipinski definition) is 1. The van der Waals surface area contributed by atoms with Crippen molar-refractivity contribution in [2.75, 3.05) is 24.5 Å². The summed E-state index contributed by atoms with van der Waals surface area (Å²) in [6.07, 6.45) is 4.19. The van der Waals surface area contributed by atoms with Crippen LogP contribution in [0.4, 0.5) is 10.6 Å². The molecule has 28 heavy (non-hydrogen) atoms. The fourth-order valence-corrected chi connectivity index (χ4v) is 3.42. The van der Waals surface area contributed by atoms with E-state index in [-0.39, 0.29) is 12.1 Å². The highest BCUT2D eigenvalue weighted by Gasteiger charge is 2.31. The third kappa shape index (κ3) is 4.86. The molecule has 1 amide bonds. The SMILES string of the molecule is CCC1CN(C(=O)OC(C)(C)C)CCN1c1ccc(-c2ccnc(=S)[nH]2)cn1. The maximum absolute atomic E-state index is 12.4. The number of amides is 1. The number of nitrogens with zero attached hydrogens (tertiary/aromatic N) is 4. The third-order valence-electron chi connectivity index (χ3n) is 4.63. The highest BCUT2D eigenvalue weighted by molar-refractivity contribution is 7.71. The van der Waals surface area contributed by atoms with Crippen LogP contribution in [-0.2, 0) is 4.74 Å². The summed E-state index contributed by atoms with van der Waals surface area (Å²) in [5.74, 6) is 0.909. The number of ether oxygens (including phenoxy) is 1. The van der Waals surface area contributed by atoms with Gasteiger partial charge in [0.25, 0.3) is 0 Å². The summed E-state index contributed by atoms with van der Waals surface area (Å²) in [6.45, 7) is 9.76. The average Bonchev–Trinajstić information content (AvgIpc) is 2.66. The van der Waals surface area contributed by atoms with Crippen molar-refractivity contribution in [3.8, 4) is 11.3 Å². The standard InChI is InChI=1S/C20H27N5O2S/c1-5-15-13-24(19(26)27-20(2,3)4)10-11-25(15)17-7-6-14(12-22-17)16-8-9-21-18(28)23-16/h6-9,12,15H,5,10-11,13H2,1-4H3,(H,21,23,28). The van der Waals surface area contributed by atoms with Crippen molar-refractivity contribution >= 4 is 24.1 Å². The highest BCUT2D eigenvalue weighted by atomic mass is 32.1. The van der Waals surface area contributed by atoms with Gasteiger partial charge in [-0.25, -0.2) is 14.8 Å². The molecule has 1 atom stereocenters. The molecule has 7 nitrogen and oxygen atoms in total. The first kappa shape index (κ1) is 20.3. The molecule has 0 radical (unpaired) electrons. The Hall–Kier alpha value is -2.48. The van der Waals surface area contributed by atoms with Gasteiger partial charge in [0, 0.05) is 43.6 Å². The molecular weight excluding hydrogens is 374 g/mol. The minimum atomic E-state index is -0.484. The van der Waals surface area contributed by atoms with Gasteiger partial charge in [0.05, 0.1) is 5.69 Å². The first-order valence-corrected chi connectivity index (χ1v) is 9.94. The smallest absolute Gasteiger partial charge is 0.410 e. The van der Waals surface area contributed by atoms with E-state index in [0.717, 1.165) is 30.0 Å². The number of H-pyrrole nitrogens is 1. The number of hydrogen-bond acceptors (Lipinski definition) is 6. The number of aromatic amines is 1. The fraction of sp³-hybridized carbons (Fsp3) is 0.500. The second-order valence-electron chi connectivity index (χ2n) is 7.88. The minimum Gasteiger partial charge on any atom is -0.444 e. The van der Waals surface area contributed by atoms with Crippen LogP contribution in [0.2, 0.25) is 0 Å². The number of carbonyl (C=O) groups is 1. The number of pyridine rings is 1. The molecule has 0 bridgehead atoms. The quantitative estimate of drug-likeness (QED) is 0.783. The summed E-state index contributed by atoms with van der Waals surface area (Å²) in [5.41, 5.74) is 1.36. The number of rotatable bonds is 3. The first-order chi connectivity index (χ1) is 13.3. The number of aromatic nitrogens is 3. The molecule has 1 fully saturated rings. The summed E-state index contributed by atoms with van der Waals surface area (Å²) in [6, 6.07) is 6.11. The van der Waals surface area contributed by atoms with E-state index in [9.17, 15) is 4.79 Å². The van der Waals surface area contributed by atoms with Crippen molar-refractivity contribution in [3.63, 3.8) is 0 Å². The van der Waals surface area contributed by atoms with Gasteiger partial charge in [0.2, 0.25) is 0 Å². The predicted molar refractivity (Wildman–Crippen MR) is 112 cm³/mol. The molecule has 1 unspecified atom stereocenters. The van der Waals surface area contributed by atoms with Crippen molar-refractivity contribution < 1.29 is 9.53 Å². The predicted octanol–water partition coefficient (Wildman–Crippen LogP) is 4.04. The molecule has 1 aliphatic heterocycles. The lowest BCUT2D eigenvalue weighted by molar-refractivity contribution is 0.0213.